The molecule has 0 atom stereocenters. The third kappa shape index (κ3) is 5.03. The number of carbonyl (C=O) groups excluding carboxylic acids is 1. The minimum Gasteiger partial charge on any atom is -0.483 e. The number of nitrogens with one attached hydrogen (secondary N) is 1. The summed E-state index contributed by atoms with van der Waals surface area (Å²) in [5, 5.41) is 19.8. The molecule has 1 heterocycles. The van der Waals surface area contributed by atoms with Crippen LogP contribution in [0, 0.1) is 13.8 Å². The number of anilines is 1. The van der Waals surface area contributed by atoms with E-state index in [9.17, 15) is 9.59 Å². The fourth-order valence-corrected chi connectivity index (χ4v) is 2.69. The summed E-state index contributed by atoms with van der Waals surface area (Å²) >= 11 is 1.16. The summed E-state index contributed by atoms with van der Waals surface area (Å²) in [6, 6.07) is 5.76. The van der Waals surface area contributed by atoms with Gasteiger partial charge in [0.2, 0.25) is 5.13 Å². The largest absolute Gasteiger partial charge is 0.483 e. The van der Waals surface area contributed by atoms with E-state index in [-0.39, 0.29) is 18.9 Å². The lowest BCUT2D eigenvalue weighted by molar-refractivity contribution is -0.137. The fraction of sp³-hybridized carbons (Fsp3) is 0.333. The molecular formula is C15H17N3O4S. The van der Waals surface area contributed by atoms with Gasteiger partial charge in [-0.2, -0.15) is 0 Å². The molecule has 122 valence electrons. The molecule has 0 spiro atoms. The minimum absolute atomic E-state index is 0.0156. The van der Waals surface area contributed by atoms with Crippen LogP contribution in [0.2, 0.25) is 0 Å². The molecular weight excluding hydrogens is 318 g/mol. The van der Waals surface area contributed by atoms with Crippen LogP contribution in [0.5, 0.6) is 5.75 Å². The zero-order chi connectivity index (χ0) is 16.8. The average molecular weight is 335 g/mol. The van der Waals surface area contributed by atoms with Crippen LogP contribution in [0.15, 0.2) is 18.2 Å². The number of carboxylic acids is 1. The number of carboxylic acid groups (broad SMARTS) is 1. The molecule has 1 amide bonds. The number of ether oxygens (including phenoxy) is 1. The summed E-state index contributed by atoms with van der Waals surface area (Å²) in [6.45, 7) is 3.70. The number of aryl methyl sites for hydroxylation is 3. The van der Waals surface area contributed by atoms with E-state index in [1.54, 1.807) is 0 Å². The SMILES string of the molecule is Cc1cccc(C)c1OCC(=O)Nc1nnc(CCC(=O)O)s1. The normalized spacial score (nSPS) is 10.3. The molecule has 2 rings (SSSR count). The Bertz CT molecular complexity index is 694. The lowest BCUT2D eigenvalue weighted by atomic mass is 10.1. The topological polar surface area (TPSA) is 101 Å². The monoisotopic (exact) mass is 335 g/mol. The zero-order valence-electron chi connectivity index (χ0n) is 12.8. The van der Waals surface area contributed by atoms with Gasteiger partial charge < -0.3 is 9.84 Å². The third-order valence-electron chi connectivity index (χ3n) is 3.02. The highest BCUT2D eigenvalue weighted by atomic mass is 32.1. The average Bonchev–Trinajstić information content (AvgIpc) is 2.92. The van der Waals surface area contributed by atoms with Gasteiger partial charge in [-0.3, -0.25) is 14.9 Å². The molecule has 0 saturated heterocycles. The summed E-state index contributed by atoms with van der Waals surface area (Å²) in [7, 11) is 0. The Morgan fingerprint density at radius 1 is 1.26 bits per heavy atom. The van der Waals surface area contributed by atoms with Gasteiger partial charge in [-0.05, 0) is 25.0 Å². The maximum Gasteiger partial charge on any atom is 0.303 e. The number of aromatic nitrogens is 2. The van der Waals surface area contributed by atoms with Crippen molar-refractivity contribution in [3.63, 3.8) is 0 Å². The zero-order valence-corrected chi connectivity index (χ0v) is 13.6. The standard InChI is InChI=1S/C15H17N3O4S/c1-9-4-3-5-10(2)14(9)22-8-11(19)16-15-18-17-12(23-15)6-7-13(20)21/h3-5H,6-8H2,1-2H3,(H,20,21)(H,16,18,19). The van der Waals surface area contributed by atoms with Crippen LogP contribution in [0.4, 0.5) is 5.13 Å². The van der Waals surface area contributed by atoms with Crippen molar-refractivity contribution in [1.82, 2.24) is 10.2 Å². The first-order chi connectivity index (χ1) is 11.0. The van der Waals surface area contributed by atoms with Crippen molar-refractivity contribution in [2.75, 3.05) is 11.9 Å². The number of para-hydroxylation sites is 1. The van der Waals surface area contributed by atoms with Crippen LogP contribution < -0.4 is 10.1 Å². The molecule has 8 heteroatoms. The molecule has 23 heavy (non-hydrogen) atoms. The van der Waals surface area contributed by atoms with Crippen molar-refractivity contribution in [3.8, 4) is 5.75 Å². The molecule has 0 fully saturated rings. The van der Waals surface area contributed by atoms with E-state index in [1.165, 1.54) is 0 Å². The van der Waals surface area contributed by atoms with Gasteiger partial charge in [-0.25, -0.2) is 0 Å². The second-order valence-electron chi connectivity index (χ2n) is 4.95. The van der Waals surface area contributed by atoms with Crippen LogP contribution in [0.3, 0.4) is 0 Å². The molecule has 0 saturated carbocycles. The highest BCUT2D eigenvalue weighted by molar-refractivity contribution is 7.15. The first-order valence-corrected chi connectivity index (χ1v) is 7.80. The predicted octanol–water partition coefficient (Wildman–Crippen LogP) is 2.19. The van der Waals surface area contributed by atoms with Crippen molar-refractivity contribution < 1.29 is 19.4 Å². The lowest BCUT2D eigenvalue weighted by Gasteiger charge is -2.11. The number of carbonyl (C=O) groups is 2. The van der Waals surface area contributed by atoms with Crippen LogP contribution in [0.25, 0.3) is 0 Å². The quantitative estimate of drug-likeness (QED) is 0.804. The molecule has 2 N–H and O–H groups in total. The Kier molecular flexibility index (Phi) is 5.64. The summed E-state index contributed by atoms with van der Waals surface area (Å²) in [4.78, 5) is 22.4. The van der Waals surface area contributed by atoms with E-state index >= 15 is 0 Å². The molecule has 0 aliphatic rings. The summed E-state index contributed by atoms with van der Waals surface area (Å²) < 4.78 is 5.55. The minimum atomic E-state index is -0.896. The lowest BCUT2D eigenvalue weighted by Crippen LogP contribution is -2.20. The second kappa shape index (κ2) is 7.68. The van der Waals surface area contributed by atoms with Crippen molar-refractivity contribution in [2.24, 2.45) is 0 Å². The number of aliphatic carboxylic acids is 1. The number of hydrogen-bond acceptors (Lipinski definition) is 6. The van der Waals surface area contributed by atoms with E-state index in [1.807, 2.05) is 32.0 Å². The Labute approximate surface area is 137 Å². The van der Waals surface area contributed by atoms with Crippen LogP contribution in [-0.2, 0) is 16.0 Å². The number of nitrogens with zero attached hydrogens (tertiary/aromatic N) is 2. The van der Waals surface area contributed by atoms with Gasteiger partial charge in [0.25, 0.3) is 5.91 Å². The molecule has 7 nitrogen and oxygen atoms in total. The second-order valence-corrected chi connectivity index (χ2v) is 6.01. The van der Waals surface area contributed by atoms with E-state index < -0.39 is 5.97 Å². The van der Waals surface area contributed by atoms with Gasteiger partial charge in [-0.1, -0.05) is 29.5 Å². The van der Waals surface area contributed by atoms with Crippen LogP contribution >= 0.6 is 11.3 Å². The van der Waals surface area contributed by atoms with Crippen LogP contribution in [-0.4, -0.2) is 33.8 Å². The molecule has 1 aromatic carbocycles. The number of hydrogen-bond donors (Lipinski definition) is 2. The van der Waals surface area contributed by atoms with Crippen molar-refractivity contribution in [2.45, 2.75) is 26.7 Å². The highest BCUT2D eigenvalue weighted by Gasteiger charge is 2.11. The Morgan fingerprint density at radius 3 is 2.61 bits per heavy atom. The number of rotatable bonds is 7. The van der Waals surface area contributed by atoms with E-state index in [4.69, 9.17) is 9.84 Å². The Hall–Kier alpha value is -2.48. The van der Waals surface area contributed by atoms with Crippen molar-refractivity contribution in [1.29, 1.82) is 0 Å². The van der Waals surface area contributed by atoms with Gasteiger partial charge in [0.05, 0.1) is 6.42 Å². The Morgan fingerprint density at radius 2 is 1.96 bits per heavy atom. The molecule has 0 unspecified atom stereocenters. The van der Waals surface area contributed by atoms with E-state index in [2.05, 4.69) is 15.5 Å². The first kappa shape index (κ1) is 16.9. The summed E-state index contributed by atoms with van der Waals surface area (Å²) in [5.74, 6) is -0.538. The van der Waals surface area contributed by atoms with Gasteiger partial charge in [0.1, 0.15) is 10.8 Å². The van der Waals surface area contributed by atoms with Gasteiger partial charge in [-0.15, -0.1) is 10.2 Å². The van der Waals surface area contributed by atoms with Crippen molar-refractivity contribution in [3.05, 3.63) is 34.3 Å². The van der Waals surface area contributed by atoms with Crippen molar-refractivity contribution >= 4 is 28.3 Å². The molecule has 0 aliphatic heterocycles. The first-order valence-electron chi connectivity index (χ1n) is 6.98. The maximum absolute atomic E-state index is 11.9. The summed E-state index contributed by atoms with van der Waals surface area (Å²) in [6.07, 6.45) is 0.278. The smallest absolute Gasteiger partial charge is 0.303 e. The number of benzene rings is 1. The molecule has 0 radical (unpaired) electrons. The Balaban J connectivity index is 1.86. The molecule has 0 bridgehead atoms. The summed E-state index contributed by atoms with van der Waals surface area (Å²) in [5.41, 5.74) is 1.93. The molecule has 2 aromatic rings. The maximum atomic E-state index is 11.9. The van der Waals surface area contributed by atoms with Gasteiger partial charge >= 0.3 is 5.97 Å². The molecule has 0 aliphatic carbocycles. The predicted molar refractivity (Wildman–Crippen MR) is 85.9 cm³/mol. The van der Waals surface area contributed by atoms with E-state index in [0.29, 0.717) is 22.3 Å². The fourth-order valence-electron chi connectivity index (χ4n) is 1.94. The third-order valence-corrected chi connectivity index (χ3v) is 3.92. The van der Waals surface area contributed by atoms with Gasteiger partial charge in [0.15, 0.2) is 6.61 Å². The highest BCUT2D eigenvalue weighted by Crippen LogP contribution is 2.22. The van der Waals surface area contributed by atoms with Gasteiger partial charge in [0, 0.05) is 6.42 Å². The van der Waals surface area contributed by atoms with E-state index in [0.717, 1.165) is 22.5 Å². The number of amides is 1. The van der Waals surface area contributed by atoms with Crippen LogP contribution in [0.1, 0.15) is 22.6 Å². The molecule has 1 aromatic heterocycles.